The number of rotatable bonds is 6. The minimum absolute atomic E-state index is 0.147. The van der Waals surface area contributed by atoms with Gasteiger partial charge in [0.05, 0.1) is 0 Å². The molecule has 0 atom stereocenters. The number of amides is 1. The molecule has 0 saturated heterocycles. The molecule has 0 unspecified atom stereocenters. The molecule has 3 aromatic rings. The van der Waals surface area contributed by atoms with E-state index in [0.717, 1.165) is 11.1 Å². The normalized spacial score (nSPS) is 10.2. The van der Waals surface area contributed by atoms with E-state index >= 15 is 0 Å². The molecule has 0 spiro atoms. The summed E-state index contributed by atoms with van der Waals surface area (Å²) in [5.74, 6) is -1.01. The molecular formula is C17H15N5O3. The zero-order valence-corrected chi connectivity index (χ0v) is 13.2. The number of benzene rings is 2. The summed E-state index contributed by atoms with van der Waals surface area (Å²) >= 11 is 0. The van der Waals surface area contributed by atoms with Crippen molar-refractivity contribution in [2.24, 2.45) is 0 Å². The van der Waals surface area contributed by atoms with Gasteiger partial charge in [-0.25, -0.2) is 4.68 Å². The number of hydrogen-bond donors (Lipinski definition) is 1. The van der Waals surface area contributed by atoms with E-state index < -0.39 is 11.9 Å². The van der Waals surface area contributed by atoms with E-state index in [0.29, 0.717) is 5.69 Å². The number of aromatic nitrogens is 4. The van der Waals surface area contributed by atoms with Crippen LogP contribution in [0.2, 0.25) is 0 Å². The van der Waals surface area contributed by atoms with E-state index in [-0.39, 0.29) is 13.2 Å². The van der Waals surface area contributed by atoms with Gasteiger partial charge in [0.1, 0.15) is 12.9 Å². The molecule has 2 aromatic carbocycles. The second-order valence-corrected chi connectivity index (χ2v) is 5.16. The molecule has 25 heavy (non-hydrogen) atoms. The van der Waals surface area contributed by atoms with Crippen LogP contribution in [0.4, 0.5) is 5.69 Å². The van der Waals surface area contributed by atoms with Gasteiger partial charge in [-0.3, -0.25) is 9.59 Å². The predicted octanol–water partition coefficient (Wildman–Crippen LogP) is 1.52. The van der Waals surface area contributed by atoms with Crippen molar-refractivity contribution in [2.45, 2.75) is 6.54 Å². The predicted molar refractivity (Wildman–Crippen MR) is 89.3 cm³/mol. The summed E-state index contributed by atoms with van der Waals surface area (Å²) in [6, 6.07) is 17.3. The molecular weight excluding hydrogens is 322 g/mol. The van der Waals surface area contributed by atoms with E-state index in [1.165, 1.54) is 11.0 Å². The summed E-state index contributed by atoms with van der Waals surface area (Å²) in [4.78, 5) is 23.4. The maximum Gasteiger partial charge on any atom is 0.328 e. The van der Waals surface area contributed by atoms with Gasteiger partial charge in [-0.15, -0.1) is 5.10 Å². The molecule has 1 N–H and O–H groups in total. The molecule has 8 heteroatoms. The van der Waals surface area contributed by atoms with Gasteiger partial charge in [0.15, 0.2) is 6.61 Å². The summed E-state index contributed by atoms with van der Waals surface area (Å²) in [5, 5.41) is 13.0. The topological polar surface area (TPSA) is 99.0 Å². The number of ether oxygens (including phenoxy) is 1. The zero-order valence-electron chi connectivity index (χ0n) is 13.2. The molecule has 0 aliphatic carbocycles. The first-order chi connectivity index (χ1) is 12.2. The molecule has 0 bridgehead atoms. The summed E-state index contributed by atoms with van der Waals surface area (Å²) in [6.07, 6.45) is 1.29. The lowest BCUT2D eigenvalue weighted by Gasteiger charge is -2.07. The molecule has 0 radical (unpaired) electrons. The van der Waals surface area contributed by atoms with Crippen LogP contribution in [0.15, 0.2) is 60.9 Å². The maximum absolute atomic E-state index is 11.8. The van der Waals surface area contributed by atoms with Crippen LogP contribution < -0.4 is 5.32 Å². The molecule has 0 saturated carbocycles. The van der Waals surface area contributed by atoms with Crippen LogP contribution in [0.25, 0.3) is 11.1 Å². The van der Waals surface area contributed by atoms with Crippen molar-refractivity contribution < 1.29 is 14.3 Å². The van der Waals surface area contributed by atoms with E-state index in [1.807, 2.05) is 42.5 Å². The Morgan fingerprint density at radius 1 is 1.00 bits per heavy atom. The Bertz CT molecular complexity index is 832. The largest absolute Gasteiger partial charge is 0.454 e. The highest BCUT2D eigenvalue weighted by molar-refractivity contribution is 5.93. The number of anilines is 1. The van der Waals surface area contributed by atoms with Gasteiger partial charge in [-0.2, -0.15) is 0 Å². The molecule has 0 fully saturated rings. The van der Waals surface area contributed by atoms with Gasteiger partial charge in [0.25, 0.3) is 5.91 Å². The van der Waals surface area contributed by atoms with Gasteiger partial charge in [-0.05, 0) is 33.7 Å². The van der Waals surface area contributed by atoms with Crippen molar-refractivity contribution in [3.8, 4) is 11.1 Å². The number of hydrogen-bond acceptors (Lipinski definition) is 6. The van der Waals surface area contributed by atoms with Crippen LogP contribution >= 0.6 is 0 Å². The van der Waals surface area contributed by atoms with Gasteiger partial charge in [0.2, 0.25) is 0 Å². The van der Waals surface area contributed by atoms with Gasteiger partial charge in [0, 0.05) is 5.69 Å². The third-order valence-electron chi connectivity index (χ3n) is 3.32. The quantitative estimate of drug-likeness (QED) is 0.685. The van der Waals surface area contributed by atoms with Crippen LogP contribution in [0.5, 0.6) is 0 Å². The van der Waals surface area contributed by atoms with E-state index in [2.05, 4.69) is 20.8 Å². The molecule has 1 amide bonds. The highest BCUT2D eigenvalue weighted by atomic mass is 16.5. The standard InChI is InChI=1S/C17H15N5O3/c23-16(11-25-17(24)10-22-12-18-20-21-22)19-15-8-6-14(7-9-15)13-4-2-1-3-5-13/h1-9,12H,10-11H2,(H,19,23). The van der Waals surface area contributed by atoms with E-state index in [1.54, 1.807) is 12.1 Å². The lowest BCUT2D eigenvalue weighted by molar-refractivity contribution is -0.148. The molecule has 1 aromatic heterocycles. The molecule has 3 rings (SSSR count). The second-order valence-electron chi connectivity index (χ2n) is 5.16. The van der Waals surface area contributed by atoms with Crippen molar-refractivity contribution >= 4 is 17.6 Å². The number of esters is 1. The van der Waals surface area contributed by atoms with Crippen LogP contribution in [0.3, 0.4) is 0 Å². The smallest absolute Gasteiger partial charge is 0.328 e. The van der Waals surface area contributed by atoms with Crippen molar-refractivity contribution in [1.82, 2.24) is 20.2 Å². The van der Waals surface area contributed by atoms with Gasteiger partial charge in [-0.1, -0.05) is 42.5 Å². The first kappa shape index (κ1) is 16.3. The van der Waals surface area contributed by atoms with E-state index in [4.69, 9.17) is 4.74 Å². The van der Waals surface area contributed by atoms with Gasteiger partial charge < -0.3 is 10.1 Å². The Morgan fingerprint density at radius 3 is 2.40 bits per heavy atom. The Hall–Kier alpha value is -3.55. The summed E-state index contributed by atoms with van der Waals surface area (Å²) < 4.78 is 6.09. The first-order valence-corrected chi connectivity index (χ1v) is 7.52. The molecule has 8 nitrogen and oxygen atoms in total. The molecule has 0 aliphatic rings. The number of nitrogens with zero attached hydrogens (tertiary/aromatic N) is 4. The highest BCUT2D eigenvalue weighted by Gasteiger charge is 2.09. The maximum atomic E-state index is 11.8. The van der Waals surface area contributed by atoms with Crippen LogP contribution in [-0.2, 0) is 20.9 Å². The van der Waals surface area contributed by atoms with E-state index in [9.17, 15) is 9.59 Å². The first-order valence-electron chi connectivity index (χ1n) is 7.52. The minimum atomic E-state index is -0.595. The Morgan fingerprint density at radius 2 is 1.72 bits per heavy atom. The SMILES string of the molecule is O=C(COC(=O)Cn1cnnn1)Nc1ccc(-c2ccccc2)cc1. The van der Waals surface area contributed by atoms with Crippen molar-refractivity contribution in [2.75, 3.05) is 11.9 Å². The molecule has 0 aliphatic heterocycles. The number of carbonyl (C=O) groups excluding carboxylic acids is 2. The fourth-order valence-electron chi connectivity index (χ4n) is 2.15. The Labute approximate surface area is 143 Å². The third-order valence-corrected chi connectivity index (χ3v) is 3.32. The third kappa shape index (κ3) is 4.71. The van der Waals surface area contributed by atoms with Crippen molar-refractivity contribution in [3.63, 3.8) is 0 Å². The number of carbonyl (C=O) groups is 2. The lowest BCUT2D eigenvalue weighted by atomic mass is 10.1. The van der Waals surface area contributed by atoms with Crippen LogP contribution in [-0.4, -0.2) is 38.7 Å². The number of nitrogens with one attached hydrogen (secondary N) is 1. The molecule has 1 heterocycles. The monoisotopic (exact) mass is 337 g/mol. The zero-order chi connectivity index (χ0) is 17.5. The average molecular weight is 337 g/mol. The van der Waals surface area contributed by atoms with Crippen LogP contribution in [0.1, 0.15) is 0 Å². The lowest BCUT2D eigenvalue weighted by Crippen LogP contribution is -2.23. The fourth-order valence-corrected chi connectivity index (χ4v) is 2.15. The van der Waals surface area contributed by atoms with Crippen molar-refractivity contribution in [1.29, 1.82) is 0 Å². The summed E-state index contributed by atoms with van der Waals surface area (Å²) in [6.45, 7) is -0.520. The number of tetrazole rings is 1. The van der Waals surface area contributed by atoms with Crippen molar-refractivity contribution in [3.05, 3.63) is 60.9 Å². The van der Waals surface area contributed by atoms with Gasteiger partial charge >= 0.3 is 5.97 Å². The fraction of sp³-hybridized carbons (Fsp3) is 0.118. The minimum Gasteiger partial charge on any atom is -0.454 e. The summed E-state index contributed by atoms with van der Waals surface area (Å²) in [7, 11) is 0. The average Bonchev–Trinajstić information content (AvgIpc) is 3.14. The molecule has 126 valence electrons. The van der Waals surface area contributed by atoms with Crippen LogP contribution in [0, 0.1) is 0 Å². The Balaban J connectivity index is 1.48. The Kier molecular flexibility index (Phi) is 5.10. The highest BCUT2D eigenvalue weighted by Crippen LogP contribution is 2.20. The summed E-state index contributed by atoms with van der Waals surface area (Å²) in [5.41, 5.74) is 2.77. The second kappa shape index (κ2) is 7.82.